The van der Waals surface area contributed by atoms with Crippen molar-refractivity contribution in [3.63, 3.8) is 0 Å². The molecule has 1 unspecified atom stereocenters. The number of furan rings is 1. The average Bonchev–Trinajstić information content (AvgIpc) is 2.93. The van der Waals surface area contributed by atoms with Crippen LogP contribution in [0.4, 0.5) is 0 Å². The van der Waals surface area contributed by atoms with Crippen molar-refractivity contribution in [3.05, 3.63) is 35.0 Å². The Kier molecular flexibility index (Phi) is 3.80. The third-order valence-electron chi connectivity index (χ3n) is 4.62. The lowest BCUT2D eigenvalue weighted by Gasteiger charge is -2.35. The standard InChI is InChI=1S/C17H20ClNO2/c1-17(2,12-6-4-8-19-10-12)16(20)14-9-11-5-3-7-13(18)15(11)21-14/h3,5,7,9,12,19H,4,6,8,10H2,1-2H3. The number of piperidine rings is 1. The minimum Gasteiger partial charge on any atom is -0.451 e. The number of ketones is 1. The van der Waals surface area contributed by atoms with E-state index in [0.717, 1.165) is 31.3 Å². The summed E-state index contributed by atoms with van der Waals surface area (Å²) in [7, 11) is 0. The van der Waals surface area contributed by atoms with E-state index in [1.807, 2.05) is 32.0 Å². The number of rotatable bonds is 3. The summed E-state index contributed by atoms with van der Waals surface area (Å²) in [6.07, 6.45) is 2.19. The highest BCUT2D eigenvalue weighted by atomic mass is 35.5. The zero-order chi connectivity index (χ0) is 15.0. The molecule has 1 atom stereocenters. The number of para-hydroxylation sites is 1. The Morgan fingerprint density at radius 1 is 1.43 bits per heavy atom. The van der Waals surface area contributed by atoms with Gasteiger partial charge < -0.3 is 9.73 Å². The summed E-state index contributed by atoms with van der Waals surface area (Å²) in [5, 5.41) is 4.80. The molecule has 1 aliphatic rings. The van der Waals surface area contributed by atoms with Crippen LogP contribution in [0.25, 0.3) is 11.0 Å². The molecule has 2 heterocycles. The van der Waals surface area contributed by atoms with Gasteiger partial charge in [-0.1, -0.05) is 37.6 Å². The van der Waals surface area contributed by atoms with Gasteiger partial charge in [-0.15, -0.1) is 0 Å². The van der Waals surface area contributed by atoms with Crippen LogP contribution in [0.3, 0.4) is 0 Å². The van der Waals surface area contributed by atoms with Crippen LogP contribution in [0.1, 0.15) is 37.2 Å². The van der Waals surface area contributed by atoms with Crippen molar-refractivity contribution >= 4 is 28.4 Å². The van der Waals surface area contributed by atoms with Gasteiger partial charge in [-0.25, -0.2) is 0 Å². The van der Waals surface area contributed by atoms with E-state index < -0.39 is 5.41 Å². The quantitative estimate of drug-likeness (QED) is 0.860. The molecule has 112 valence electrons. The van der Waals surface area contributed by atoms with E-state index >= 15 is 0 Å². The molecule has 1 aromatic carbocycles. The monoisotopic (exact) mass is 305 g/mol. The van der Waals surface area contributed by atoms with E-state index in [1.54, 1.807) is 6.07 Å². The van der Waals surface area contributed by atoms with Crippen molar-refractivity contribution in [1.29, 1.82) is 0 Å². The molecule has 1 aromatic heterocycles. The summed E-state index contributed by atoms with van der Waals surface area (Å²) in [5.74, 6) is 0.805. The average molecular weight is 306 g/mol. The van der Waals surface area contributed by atoms with Crippen molar-refractivity contribution in [2.24, 2.45) is 11.3 Å². The van der Waals surface area contributed by atoms with Gasteiger partial charge in [0, 0.05) is 10.8 Å². The summed E-state index contributed by atoms with van der Waals surface area (Å²) in [6, 6.07) is 7.36. The molecule has 4 heteroatoms. The van der Waals surface area contributed by atoms with Gasteiger partial charge in [0.25, 0.3) is 0 Å². The second-order valence-corrected chi connectivity index (χ2v) is 6.77. The lowest BCUT2D eigenvalue weighted by molar-refractivity contribution is 0.0680. The zero-order valence-corrected chi connectivity index (χ0v) is 13.2. The Balaban J connectivity index is 1.93. The molecular weight excluding hydrogens is 286 g/mol. The van der Waals surface area contributed by atoms with Gasteiger partial charge in [0.1, 0.15) is 0 Å². The Morgan fingerprint density at radius 2 is 2.24 bits per heavy atom. The number of fused-ring (bicyclic) bond motifs is 1. The molecule has 1 aliphatic heterocycles. The second-order valence-electron chi connectivity index (χ2n) is 6.36. The first-order chi connectivity index (χ1) is 10.00. The minimum atomic E-state index is -0.437. The van der Waals surface area contributed by atoms with Gasteiger partial charge in [0.05, 0.1) is 5.02 Å². The SMILES string of the molecule is CC(C)(C(=O)c1cc2cccc(Cl)c2o1)C1CCCNC1. The van der Waals surface area contributed by atoms with Crippen molar-refractivity contribution in [3.8, 4) is 0 Å². The van der Waals surface area contributed by atoms with Crippen LogP contribution in [0.2, 0.25) is 5.02 Å². The van der Waals surface area contributed by atoms with Crippen molar-refractivity contribution in [2.45, 2.75) is 26.7 Å². The normalized spacial score (nSPS) is 19.9. The van der Waals surface area contributed by atoms with Crippen LogP contribution in [-0.4, -0.2) is 18.9 Å². The molecule has 2 aromatic rings. The summed E-state index contributed by atoms with van der Waals surface area (Å²) in [6.45, 7) is 5.96. The maximum Gasteiger partial charge on any atom is 0.203 e. The first-order valence-corrected chi connectivity index (χ1v) is 7.81. The highest BCUT2D eigenvalue weighted by Gasteiger charge is 2.39. The number of carbonyl (C=O) groups excluding carboxylic acids is 1. The number of Topliss-reactive ketones (excluding diaryl/α,β-unsaturated/α-hetero) is 1. The maximum absolute atomic E-state index is 12.9. The van der Waals surface area contributed by atoms with E-state index in [1.165, 1.54) is 0 Å². The molecule has 1 fully saturated rings. The number of benzene rings is 1. The Morgan fingerprint density at radius 3 is 2.90 bits per heavy atom. The van der Waals surface area contributed by atoms with Crippen molar-refractivity contribution in [2.75, 3.05) is 13.1 Å². The summed E-state index contributed by atoms with van der Waals surface area (Å²) in [5.41, 5.74) is 0.161. The van der Waals surface area contributed by atoms with E-state index in [0.29, 0.717) is 22.3 Å². The second kappa shape index (κ2) is 5.47. The fourth-order valence-electron chi connectivity index (χ4n) is 3.11. The van der Waals surface area contributed by atoms with Gasteiger partial charge in [-0.3, -0.25) is 4.79 Å². The molecule has 0 aliphatic carbocycles. The van der Waals surface area contributed by atoms with Gasteiger partial charge >= 0.3 is 0 Å². The van der Waals surface area contributed by atoms with Crippen LogP contribution in [-0.2, 0) is 0 Å². The highest BCUT2D eigenvalue weighted by Crippen LogP contribution is 2.37. The number of carbonyl (C=O) groups is 1. The summed E-state index contributed by atoms with van der Waals surface area (Å²) >= 11 is 6.12. The van der Waals surface area contributed by atoms with Gasteiger partial charge in [-0.05, 0) is 44.0 Å². The molecule has 0 bridgehead atoms. The van der Waals surface area contributed by atoms with Crippen LogP contribution < -0.4 is 5.32 Å². The summed E-state index contributed by atoms with van der Waals surface area (Å²) < 4.78 is 5.74. The van der Waals surface area contributed by atoms with Gasteiger partial charge in [0.2, 0.25) is 5.78 Å². The van der Waals surface area contributed by atoms with Crippen LogP contribution in [0.5, 0.6) is 0 Å². The third kappa shape index (κ3) is 2.60. The van der Waals surface area contributed by atoms with E-state index in [9.17, 15) is 4.79 Å². The Hall–Kier alpha value is -1.32. The Bertz CT molecular complexity index is 668. The number of hydrogen-bond donors (Lipinski definition) is 1. The smallest absolute Gasteiger partial charge is 0.203 e. The first kappa shape index (κ1) is 14.6. The molecule has 3 rings (SSSR count). The van der Waals surface area contributed by atoms with Gasteiger partial charge in [0.15, 0.2) is 11.3 Å². The molecule has 1 N–H and O–H groups in total. The molecule has 3 nitrogen and oxygen atoms in total. The van der Waals surface area contributed by atoms with Crippen molar-refractivity contribution < 1.29 is 9.21 Å². The molecule has 1 saturated heterocycles. The third-order valence-corrected chi connectivity index (χ3v) is 4.92. The van der Waals surface area contributed by atoms with Crippen LogP contribution in [0, 0.1) is 11.3 Å². The molecule has 0 amide bonds. The number of nitrogens with one attached hydrogen (secondary N) is 1. The molecular formula is C17H20ClNO2. The van der Waals surface area contributed by atoms with Crippen molar-refractivity contribution in [1.82, 2.24) is 5.32 Å². The zero-order valence-electron chi connectivity index (χ0n) is 12.4. The van der Waals surface area contributed by atoms with Crippen LogP contribution >= 0.6 is 11.6 Å². The number of halogens is 1. The predicted octanol–water partition coefficient (Wildman–Crippen LogP) is 4.29. The largest absolute Gasteiger partial charge is 0.451 e. The fraction of sp³-hybridized carbons (Fsp3) is 0.471. The lowest BCUT2D eigenvalue weighted by Crippen LogP contribution is -2.42. The maximum atomic E-state index is 12.9. The van der Waals surface area contributed by atoms with E-state index in [-0.39, 0.29) is 5.78 Å². The summed E-state index contributed by atoms with van der Waals surface area (Å²) in [4.78, 5) is 12.9. The minimum absolute atomic E-state index is 0.0588. The van der Waals surface area contributed by atoms with E-state index in [2.05, 4.69) is 5.32 Å². The number of hydrogen-bond acceptors (Lipinski definition) is 3. The first-order valence-electron chi connectivity index (χ1n) is 7.44. The fourth-order valence-corrected chi connectivity index (χ4v) is 3.33. The molecule has 0 spiro atoms. The highest BCUT2D eigenvalue weighted by molar-refractivity contribution is 6.34. The molecule has 21 heavy (non-hydrogen) atoms. The predicted molar refractivity (Wildman–Crippen MR) is 84.9 cm³/mol. The topological polar surface area (TPSA) is 42.2 Å². The Labute approximate surface area is 129 Å². The van der Waals surface area contributed by atoms with Gasteiger partial charge in [-0.2, -0.15) is 0 Å². The van der Waals surface area contributed by atoms with E-state index in [4.69, 9.17) is 16.0 Å². The van der Waals surface area contributed by atoms with Crippen LogP contribution in [0.15, 0.2) is 28.7 Å². The lowest BCUT2D eigenvalue weighted by atomic mass is 9.71. The molecule has 0 radical (unpaired) electrons. The molecule has 0 saturated carbocycles.